The number of carboxylic acid groups (broad SMARTS) is 1. The van der Waals surface area contributed by atoms with Gasteiger partial charge in [0.15, 0.2) is 0 Å². The zero-order valence-electron chi connectivity index (χ0n) is 11.4. The van der Waals surface area contributed by atoms with E-state index in [2.05, 4.69) is 25.8 Å². The number of imidazole rings is 1. The predicted molar refractivity (Wildman–Crippen MR) is 77.9 cm³/mol. The highest BCUT2D eigenvalue weighted by atomic mass is 35.5. The molecule has 1 aromatic heterocycles. The fourth-order valence-electron chi connectivity index (χ4n) is 2.08. The monoisotopic (exact) mass is 282 g/mol. The second-order valence-corrected chi connectivity index (χ2v) is 5.47. The van der Waals surface area contributed by atoms with Crippen LogP contribution in [0.15, 0.2) is 24.3 Å². The first kappa shape index (κ1) is 15.5. The Morgan fingerprint density at radius 2 is 1.95 bits per heavy atom. The van der Waals surface area contributed by atoms with Crippen LogP contribution in [-0.2, 0) is 16.8 Å². The molecule has 0 aliphatic rings. The number of hydrogen-bond donors (Lipinski definition) is 1. The highest BCUT2D eigenvalue weighted by Crippen LogP contribution is 2.26. The summed E-state index contributed by atoms with van der Waals surface area (Å²) in [5.74, 6) is 0.151. The lowest BCUT2D eigenvalue weighted by Crippen LogP contribution is -2.20. The Balaban J connectivity index is 0.00000180. The molecule has 0 atom stereocenters. The molecule has 1 heterocycles. The summed E-state index contributed by atoms with van der Waals surface area (Å²) in [5.41, 5.74) is 1.83. The van der Waals surface area contributed by atoms with E-state index in [1.807, 2.05) is 28.8 Å². The second-order valence-electron chi connectivity index (χ2n) is 5.47. The van der Waals surface area contributed by atoms with E-state index in [0.29, 0.717) is 6.54 Å². The Morgan fingerprint density at radius 3 is 2.53 bits per heavy atom. The number of carbonyl (C=O) groups is 1. The van der Waals surface area contributed by atoms with Crippen molar-refractivity contribution in [2.45, 2.75) is 39.2 Å². The van der Waals surface area contributed by atoms with Crippen LogP contribution in [0.25, 0.3) is 11.0 Å². The Bertz CT molecular complexity index is 585. The van der Waals surface area contributed by atoms with E-state index in [-0.39, 0.29) is 24.2 Å². The molecule has 0 unspecified atom stereocenters. The second kappa shape index (κ2) is 5.61. The van der Waals surface area contributed by atoms with Gasteiger partial charge in [-0.25, -0.2) is 4.98 Å². The van der Waals surface area contributed by atoms with Gasteiger partial charge in [0.25, 0.3) is 0 Å². The minimum absolute atomic E-state index is 0. The van der Waals surface area contributed by atoms with Gasteiger partial charge in [0.05, 0.1) is 17.5 Å². The summed E-state index contributed by atoms with van der Waals surface area (Å²) in [7, 11) is 0. The standard InChI is InChI=1S/C14H18N2O2.ClH/c1-14(2,3)13-15-10-6-4-5-7-11(10)16(13)9-8-12(17)18;/h4-7H,8-9H2,1-3H3,(H,17,18);1H. The molecule has 2 rings (SSSR count). The Hall–Kier alpha value is -1.55. The lowest BCUT2D eigenvalue weighted by Gasteiger charge is -2.19. The predicted octanol–water partition coefficient (Wildman–Crippen LogP) is 3.23. The van der Waals surface area contributed by atoms with Gasteiger partial charge in [-0.15, -0.1) is 12.4 Å². The normalized spacial score (nSPS) is 11.3. The number of para-hydroxylation sites is 2. The van der Waals surface area contributed by atoms with Gasteiger partial charge < -0.3 is 9.67 Å². The largest absolute Gasteiger partial charge is 0.481 e. The third-order valence-corrected chi connectivity index (χ3v) is 2.87. The molecule has 5 heteroatoms. The van der Waals surface area contributed by atoms with Crippen molar-refractivity contribution in [3.8, 4) is 0 Å². The first-order chi connectivity index (χ1) is 8.39. The van der Waals surface area contributed by atoms with Gasteiger partial charge in [0.2, 0.25) is 0 Å². The van der Waals surface area contributed by atoms with Gasteiger partial charge in [0.1, 0.15) is 5.82 Å². The van der Waals surface area contributed by atoms with E-state index in [1.54, 1.807) is 0 Å². The molecule has 0 aliphatic carbocycles. The van der Waals surface area contributed by atoms with Crippen LogP contribution in [-0.4, -0.2) is 20.6 Å². The Labute approximate surface area is 118 Å². The van der Waals surface area contributed by atoms with E-state index < -0.39 is 5.97 Å². The average molecular weight is 283 g/mol. The highest BCUT2D eigenvalue weighted by Gasteiger charge is 2.22. The number of aryl methyl sites for hydroxylation is 1. The molecule has 0 aliphatic heterocycles. The van der Waals surface area contributed by atoms with E-state index >= 15 is 0 Å². The molecule has 4 nitrogen and oxygen atoms in total. The lowest BCUT2D eigenvalue weighted by molar-refractivity contribution is -0.137. The molecule has 2 aromatic rings. The van der Waals surface area contributed by atoms with Crippen molar-refractivity contribution in [2.24, 2.45) is 0 Å². The number of aliphatic carboxylic acids is 1. The zero-order valence-corrected chi connectivity index (χ0v) is 12.2. The molecule has 19 heavy (non-hydrogen) atoms. The van der Waals surface area contributed by atoms with Crippen LogP contribution in [0.4, 0.5) is 0 Å². The van der Waals surface area contributed by atoms with Crippen molar-refractivity contribution in [2.75, 3.05) is 0 Å². The van der Waals surface area contributed by atoms with Crippen molar-refractivity contribution >= 4 is 29.4 Å². The van der Waals surface area contributed by atoms with E-state index in [4.69, 9.17) is 5.11 Å². The molecule has 0 amide bonds. The van der Waals surface area contributed by atoms with Crippen molar-refractivity contribution in [3.63, 3.8) is 0 Å². The van der Waals surface area contributed by atoms with Gasteiger partial charge in [-0.2, -0.15) is 0 Å². The topological polar surface area (TPSA) is 55.1 Å². The lowest BCUT2D eigenvalue weighted by atomic mass is 9.95. The molecule has 0 spiro atoms. The summed E-state index contributed by atoms with van der Waals surface area (Å²) in [6.07, 6.45) is 0.115. The number of benzene rings is 1. The van der Waals surface area contributed by atoms with Crippen LogP contribution >= 0.6 is 12.4 Å². The smallest absolute Gasteiger partial charge is 0.305 e. The summed E-state index contributed by atoms with van der Waals surface area (Å²) in [4.78, 5) is 15.4. The molecule has 0 radical (unpaired) electrons. The number of carboxylic acids is 1. The van der Waals surface area contributed by atoms with E-state index in [1.165, 1.54) is 0 Å². The van der Waals surface area contributed by atoms with Gasteiger partial charge in [-0.3, -0.25) is 4.79 Å². The van der Waals surface area contributed by atoms with E-state index in [0.717, 1.165) is 16.9 Å². The zero-order chi connectivity index (χ0) is 13.3. The van der Waals surface area contributed by atoms with Gasteiger partial charge >= 0.3 is 5.97 Å². The van der Waals surface area contributed by atoms with Crippen LogP contribution in [0.2, 0.25) is 0 Å². The van der Waals surface area contributed by atoms with Crippen LogP contribution in [0.5, 0.6) is 0 Å². The quantitative estimate of drug-likeness (QED) is 0.940. The van der Waals surface area contributed by atoms with Crippen LogP contribution < -0.4 is 0 Å². The minimum Gasteiger partial charge on any atom is -0.481 e. The van der Waals surface area contributed by atoms with Crippen LogP contribution in [0.1, 0.15) is 33.0 Å². The molecular formula is C14H19ClN2O2. The molecular weight excluding hydrogens is 264 g/mol. The van der Waals surface area contributed by atoms with Crippen molar-refractivity contribution in [3.05, 3.63) is 30.1 Å². The molecule has 1 aromatic carbocycles. The van der Waals surface area contributed by atoms with E-state index in [9.17, 15) is 4.79 Å². The third-order valence-electron chi connectivity index (χ3n) is 2.87. The summed E-state index contributed by atoms with van der Waals surface area (Å²) in [5, 5.41) is 8.84. The molecule has 104 valence electrons. The molecule has 0 fully saturated rings. The van der Waals surface area contributed by atoms with Crippen molar-refractivity contribution in [1.29, 1.82) is 0 Å². The average Bonchev–Trinajstić information content (AvgIpc) is 2.64. The maximum Gasteiger partial charge on any atom is 0.305 e. The fourth-order valence-corrected chi connectivity index (χ4v) is 2.08. The molecule has 1 N–H and O–H groups in total. The third kappa shape index (κ3) is 3.26. The summed E-state index contributed by atoms with van der Waals surface area (Å²) < 4.78 is 2.02. The molecule has 0 saturated carbocycles. The maximum absolute atomic E-state index is 10.8. The van der Waals surface area contributed by atoms with Crippen LogP contribution in [0.3, 0.4) is 0 Å². The van der Waals surface area contributed by atoms with Gasteiger partial charge in [0, 0.05) is 12.0 Å². The number of halogens is 1. The summed E-state index contributed by atoms with van der Waals surface area (Å²) in [6.45, 7) is 6.73. The number of nitrogens with zero attached hydrogens (tertiary/aromatic N) is 2. The summed E-state index contributed by atoms with van der Waals surface area (Å²) in [6, 6.07) is 7.85. The minimum atomic E-state index is -0.785. The van der Waals surface area contributed by atoms with Gasteiger partial charge in [-0.05, 0) is 12.1 Å². The molecule has 0 bridgehead atoms. The first-order valence-electron chi connectivity index (χ1n) is 6.07. The number of aromatic nitrogens is 2. The Kier molecular flexibility index (Phi) is 4.58. The number of hydrogen-bond acceptors (Lipinski definition) is 2. The SMILES string of the molecule is CC(C)(C)c1nc2ccccc2n1CCC(=O)O.Cl. The first-order valence-corrected chi connectivity index (χ1v) is 6.07. The fraction of sp³-hybridized carbons (Fsp3) is 0.429. The molecule has 0 saturated heterocycles. The van der Waals surface area contributed by atoms with Crippen molar-refractivity contribution in [1.82, 2.24) is 9.55 Å². The Morgan fingerprint density at radius 1 is 1.32 bits per heavy atom. The number of fused-ring (bicyclic) bond motifs is 1. The maximum atomic E-state index is 10.8. The van der Waals surface area contributed by atoms with Crippen molar-refractivity contribution < 1.29 is 9.90 Å². The van der Waals surface area contributed by atoms with Gasteiger partial charge in [-0.1, -0.05) is 32.9 Å². The van der Waals surface area contributed by atoms with Crippen LogP contribution in [0, 0.1) is 0 Å². The highest BCUT2D eigenvalue weighted by molar-refractivity contribution is 5.85. The summed E-state index contributed by atoms with van der Waals surface area (Å²) >= 11 is 0. The number of rotatable bonds is 3.